The molecule has 1 N–H and O–H groups in total. The molecule has 18 heavy (non-hydrogen) atoms. The number of ketones is 1. The first-order valence-corrected chi connectivity index (χ1v) is 6.34. The molecule has 88 valence electrons. The second kappa shape index (κ2) is 5.69. The fraction of sp³-hybridized carbons (Fsp3) is 0. The molecule has 2 aromatic rings. The van der Waals surface area contributed by atoms with Gasteiger partial charge in [-0.1, -0.05) is 5.92 Å². The van der Waals surface area contributed by atoms with Crippen molar-refractivity contribution in [3.05, 3.63) is 63.2 Å². The van der Waals surface area contributed by atoms with Gasteiger partial charge in [-0.05, 0) is 77.0 Å². The van der Waals surface area contributed by atoms with E-state index in [0.717, 1.165) is 3.57 Å². The third-order valence-electron chi connectivity index (χ3n) is 2.29. The minimum Gasteiger partial charge on any atom is -0.508 e. The summed E-state index contributed by atoms with van der Waals surface area (Å²) in [6.07, 6.45) is 0. The van der Waals surface area contributed by atoms with Gasteiger partial charge in [0.25, 0.3) is 0 Å². The van der Waals surface area contributed by atoms with E-state index < -0.39 is 0 Å². The quantitative estimate of drug-likeness (QED) is 0.488. The van der Waals surface area contributed by atoms with Gasteiger partial charge in [-0.25, -0.2) is 0 Å². The molecule has 0 aliphatic carbocycles. The molecule has 0 saturated carbocycles. The van der Waals surface area contributed by atoms with Crippen molar-refractivity contribution in [3.63, 3.8) is 0 Å². The summed E-state index contributed by atoms with van der Waals surface area (Å²) in [7, 11) is 0. The lowest BCUT2D eigenvalue weighted by atomic mass is 10.1. The van der Waals surface area contributed by atoms with Gasteiger partial charge in [-0.3, -0.25) is 4.79 Å². The van der Waals surface area contributed by atoms with E-state index in [1.807, 2.05) is 12.1 Å². The molecular weight excluding hydrogens is 339 g/mol. The van der Waals surface area contributed by atoms with Crippen LogP contribution in [0.15, 0.2) is 48.5 Å². The molecule has 2 rings (SSSR count). The highest BCUT2D eigenvalue weighted by atomic mass is 127. The predicted octanol–water partition coefficient (Wildman–Crippen LogP) is 3.23. The van der Waals surface area contributed by atoms with Crippen LogP contribution in [0, 0.1) is 15.4 Å². The standard InChI is InChI=1S/C15H9IO2/c16-13-6-4-12(5-7-13)15(18)10-3-11-1-8-14(17)9-2-11/h1-2,4-9,17H. The van der Waals surface area contributed by atoms with Crippen molar-refractivity contribution in [2.45, 2.75) is 0 Å². The van der Waals surface area contributed by atoms with Crippen LogP contribution in [0.2, 0.25) is 0 Å². The Bertz CT molecular complexity index is 616. The number of benzene rings is 2. The minimum absolute atomic E-state index is 0.185. The van der Waals surface area contributed by atoms with Crippen LogP contribution >= 0.6 is 22.6 Å². The van der Waals surface area contributed by atoms with Gasteiger partial charge in [-0.15, -0.1) is 0 Å². The van der Waals surface area contributed by atoms with Gasteiger partial charge in [0, 0.05) is 14.7 Å². The van der Waals surface area contributed by atoms with Gasteiger partial charge in [-0.2, -0.15) is 0 Å². The zero-order valence-corrected chi connectivity index (χ0v) is 11.5. The van der Waals surface area contributed by atoms with Crippen LogP contribution in [0.3, 0.4) is 0 Å². The summed E-state index contributed by atoms with van der Waals surface area (Å²) in [4.78, 5) is 11.8. The third kappa shape index (κ3) is 3.34. The number of halogens is 1. The molecule has 0 saturated heterocycles. The molecule has 2 nitrogen and oxygen atoms in total. The lowest BCUT2D eigenvalue weighted by Gasteiger charge is -1.94. The molecule has 0 heterocycles. The number of hydrogen-bond donors (Lipinski definition) is 1. The van der Waals surface area contributed by atoms with Crippen molar-refractivity contribution in [2.24, 2.45) is 0 Å². The number of carbonyl (C=O) groups excluding carboxylic acids is 1. The first-order chi connectivity index (χ1) is 8.65. The van der Waals surface area contributed by atoms with Gasteiger partial charge in [0.2, 0.25) is 5.78 Å². The molecule has 0 aliphatic heterocycles. The second-order valence-electron chi connectivity index (χ2n) is 3.63. The Morgan fingerprint density at radius 3 is 2.22 bits per heavy atom. The highest BCUT2D eigenvalue weighted by molar-refractivity contribution is 14.1. The molecule has 0 atom stereocenters. The van der Waals surface area contributed by atoms with E-state index in [0.29, 0.717) is 11.1 Å². The van der Waals surface area contributed by atoms with Gasteiger partial charge >= 0.3 is 0 Å². The number of phenols is 1. The largest absolute Gasteiger partial charge is 0.508 e. The van der Waals surface area contributed by atoms with E-state index in [1.165, 1.54) is 0 Å². The van der Waals surface area contributed by atoms with E-state index in [-0.39, 0.29) is 11.5 Å². The van der Waals surface area contributed by atoms with E-state index in [4.69, 9.17) is 5.11 Å². The Balaban J connectivity index is 2.17. The summed E-state index contributed by atoms with van der Waals surface area (Å²) in [6.45, 7) is 0. The summed E-state index contributed by atoms with van der Waals surface area (Å²) in [5.74, 6) is 5.33. The average molecular weight is 348 g/mol. The molecule has 0 bridgehead atoms. The van der Waals surface area contributed by atoms with Crippen molar-refractivity contribution in [3.8, 4) is 17.6 Å². The summed E-state index contributed by atoms with van der Waals surface area (Å²) in [5, 5.41) is 9.12. The Hall–Kier alpha value is -1.80. The SMILES string of the molecule is O=C(C#Cc1ccc(O)cc1)c1ccc(I)cc1. The van der Waals surface area contributed by atoms with Gasteiger partial charge < -0.3 is 5.11 Å². The predicted molar refractivity (Wildman–Crippen MR) is 78.5 cm³/mol. The number of hydrogen-bond acceptors (Lipinski definition) is 2. The highest BCUT2D eigenvalue weighted by Crippen LogP contribution is 2.09. The van der Waals surface area contributed by atoms with Gasteiger partial charge in [0.1, 0.15) is 5.75 Å². The Labute approximate surface area is 119 Å². The van der Waals surface area contributed by atoms with Crippen molar-refractivity contribution >= 4 is 28.4 Å². The van der Waals surface area contributed by atoms with Crippen molar-refractivity contribution in [1.29, 1.82) is 0 Å². The van der Waals surface area contributed by atoms with Crippen LogP contribution in [-0.2, 0) is 0 Å². The fourth-order valence-electron chi connectivity index (χ4n) is 1.35. The lowest BCUT2D eigenvalue weighted by molar-refractivity contribution is 0.105. The number of aromatic hydroxyl groups is 1. The molecule has 0 aromatic heterocycles. The van der Waals surface area contributed by atoms with E-state index >= 15 is 0 Å². The molecule has 0 spiro atoms. The number of phenolic OH excluding ortho intramolecular Hbond substituents is 1. The maximum Gasteiger partial charge on any atom is 0.236 e. The summed E-state index contributed by atoms with van der Waals surface area (Å²) in [6, 6.07) is 13.7. The van der Waals surface area contributed by atoms with E-state index in [9.17, 15) is 4.79 Å². The second-order valence-corrected chi connectivity index (χ2v) is 4.88. The molecular formula is C15H9IO2. The average Bonchev–Trinajstić information content (AvgIpc) is 2.38. The zero-order valence-electron chi connectivity index (χ0n) is 9.35. The molecule has 0 radical (unpaired) electrons. The van der Waals surface area contributed by atoms with Crippen molar-refractivity contribution in [1.82, 2.24) is 0 Å². The Morgan fingerprint density at radius 2 is 1.61 bits per heavy atom. The van der Waals surface area contributed by atoms with Crippen LogP contribution in [0.5, 0.6) is 5.75 Å². The Morgan fingerprint density at radius 1 is 1.00 bits per heavy atom. The molecule has 2 aromatic carbocycles. The lowest BCUT2D eigenvalue weighted by Crippen LogP contribution is -1.94. The molecule has 0 amide bonds. The summed E-state index contributed by atoms with van der Waals surface area (Å²) in [5.41, 5.74) is 1.29. The Kier molecular flexibility index (Phi) is 4.00. The fourth-order valence-corrected chi connectivity index (χ4v) is 1.71. The van der Waals surface area contributed by atoms with Crippen molar-refractivity contribution < 1.29 is 9.90 Å². The van der Waals surface area contributed by atoms with Crippen LogP contribution in [0.1, 0.15) is 15.9 Å². The topological polar surface area (TPSA) is 37.3 Å². The van der Waals surface area contributed by atoms with Crippen LogP contribution in [0.25, 0.3) is 0 Å². The first-order valence-electron chi connectivity index (χ1n) is 5.26. The minimum atomic E-state index is -0.209. The number of Topliss-reactive ketones (excluding diaryl/α,β-unsaturated/α-hetero) is 1. The van der Waals surface area contributed by atoms with E-state index in [2.05, 4.69) is 34.4 Å². The number of carbonyl (C=O) groups is 1. The monoisotopic (exact) mass is 348 g/mol. The maximum absolute atomic E-state index is 11.8. The molecule has 3 heteroatoms. The maximum atomic E-state index is 11.8. The normalized spacial score (nSPS) is 9.39. The number of rotatable bonds is 1. The van der Waals surface area contributed by atoms with Crippen LogP contribution in [-0.4, -0.2) is 10.9 Å². The zero-order chi connectivity index (χ0) is 13.0. The highest BCUT2D eigenvalue weighted by Gasteiger charge is 2.00. The van der Waals surface area contributed by atoms with E-state index in [1.54, 1.807) is 36.4 Å². The first kappa shape index (κ1) is 12.7. The molecule has 0 unspecified atom stereocenters. The van der Waals surface area contributed by atoms with Crippen molar-refractivity contribution in [2.75, 3.05) is 0 Å². The molecule has 0 aliphatic rings. The van der Waals surface area contributed by atoms with Crippen LogP contribution < -0.4 is 0 Å². The molecule has 0 fully saturated rings. The third-order valence-corrected chi connectivity index (χ3v) is 3.01. The van der Waals surface area contributed by atoms with Gasteiger partial charge in [0.15, 0.2) is 0 Å². The van der Waals surface area contributed by atoms with Crippen LogP contribution in [0.4, 0.5) is 0 Å². The van der Waals surface area contributed by atoms with Gasteiger partial charge in [0.05, 0.1) is 0 Å². The summed E-state index contributed by atoms with van der Waals surface area (Å²) >= 11 is 2.18. The summed E-state index contributed by atoms with van der Waals surface area (Å²) < 4.78 is 1.08. The smallest absolute Gasteiger partial charge is 0.236 e.